The quantitative estimate of drug-likeness (QED) is 0.559. The van der Waals surface area contributed by atoms with Crippen LogP contribution in [0.1, 0.15) is 5.56 Å². The van der Waals surface area contributed by atoms with Gasteiger partial charge in [-0.2, -0.15) is 13.2 Å². The van der Waals surface area contributed by atoms with Crippen molar-refractivity contribution in [3.05, 3.63) is 23.8 Å². The molecule has 1 aromatic rings. The molecule has 0 aliphatic heterocycles. The van der Waals surface area contributed by atoms with Crippen LogP contribution < -0.4 is 11.1 Å². The number of nitrogens with one attached hydrogen (secondary N) is 1. The van der Waals surface area contributed by atoms with Crippen molar-refractivity contribution in [1.82, 2.24) is 0 Å². The van der Waals surface area contributed by atoms with Gasteiger partial charge in [0.05, 0.1) is 18.8 Å². The van der Waals surface area contributed by atoms with Crippen LogP contribution in [0.5, 0.6) is 0 Å². The van der Waals surface area contributed by atoms with Gasteiger partial charge in [0.15, 0.2) is 0 Å². The summed E-state index contributed by atoms with van der Waals surface area (Å²) in [7, 11) is 0. The van der Waals surface area contributed by atoms with E-state index in [2.05, 4.69) is 5.32 Å². The highest BCUT2D eigenvalue weighted by Crippen LogP contribution is 2.35. The zero-order valence-corrected chi connectivity index (χ0v) is 9.83. The lowest BCUT2D eigenvalue weighted by Gasteiger charge is -2.12. The van der Waals surface area contributed by atoms with Crippen molar-refractivity contribution < 1.29 is 27.8 Å². The Bertz CT molecular complexity index is 449. The topological polar surface area (TPSA) is 84.6 Å². The summed E-state index contributed by atoms with van der Waals surface area (Å²) in [6.45, 7) is -0.622. The summed E-state index contributed by atoms with van der Waals surface area (Å²) in [5, 5.41) is 10.7. The normalized spacial score (nSPS) is 11.4. The van der Waals surface area contributed by atoms with Crippen molar-refractivity contribution >= 4 is 17.3 Å². The Labute approximate surface area is 107 Å². The minimum absolute atomic E-state index is 0.0248. The van der Waals surface area contributed by atoms with E-state index in [1.807, 2.05) is 0 Å². The number of hydrogen-bond donors (Lipinski definition) is 3. The molecule has 1 aromatic carbocycles. The molecule has 4 N–H and O–H groups in total. The third-order valence-corrected chi connectivity index (χ3v) is 2.11. The maximum atomic E-state index is 12.6. The van der Waals surface area contributed by atoms with Crippen LogP contribution in [0.25, 0.3) is 0 Å². The average molecular weight is 278 g/mol. The smallest absolute Gasteiger partial charge is 0.398 e. The van der Waals surface area contributed by atoms with Gasteiger partial charge in [-0.1, -0.05) is 0 Å². The minimum atomic E-state index is -4.59. The largest absolute Gasteiger partial charge is 0.418 e. The summed E-state index contributed by atoms with van der Waals surface area (Å²) in [6.07, 6.45) is -4.59. The number of benzene rings is 1. The van der Waals surface area contributed by atoms with E-state index in [-0.39, 0.29) is 25.5 Å². The molecule has 0 unspecified atom stereocenters. The van der Waals surface area contributed by atoms with Gasteiger partial charge < -0.3 is 20.9 Å². The molecule has 0 bridgehead atoms. The van der Waals surface area contributed by atoms with Crippen molar-refractivity contribution in [1.29, 1.82) is 0 Å². The Morgan fingerprint density at radius 2 is 2.11 bits per heavy atom. The summed E-state index contributed by atoms with van der Waals surface area (Å²) in [6, 6.07) is 3.07. The van der Waals surface area contributed by atoms with Gasteiger partial charge >= 0.3 is 6.18 Å². The lowest BCUT2D eigenvalue weighted by Crippen LogP contribution is -2.20. The Balaban J connectivity index is 2.72. The number of nitrogens with two attached hydrogens (primary N) is 1. The Hall–Kier alpha value is -1.80. The fourth-order valence-electron chi connectivity index (χ4n) is 1.31. The van der Waals surface area contributed by atoms with Crippen LogP contribution >= 0.6 is 0 Å². The number of aliphatic hydroxyl groups excluding tert-OH is 1. The standard InChI is InChI=1S/C11H13F3N2O3/c12-11(13,14)8-5-7(1-2-9(8)15)16-10(18)6-19-4-3-17/h1-2,5,17H,3-4,6,15H2,(H,16,18). The molecule has 106 valence electrons. The molecule has 8 heteroatoms. The lowest BCUT2D eigenvalue weighted by molar-refractivity contribution is -0.137. The van der Waals surface area contributed by atoms with E-state index in [9.17, 15) is 18.0 Å². The van der Waals surface area contributed by atoms with E-state index in [1.165, 1.54) is 6.07 Å². The molecule has 1 rings (SSSR count). The molecule has 0 saturated carbocycles. The molecule has 0 spiro atoms. The molecular formula is C11H13F3N2O3. The zero-order valence-electron chi connectivity index (χ0n) is 9.83. The van der Waals surface area contributed by atoms with Crippen LogP contribution in [0.2, 0.25) is 0 Å². The molecule has 5 nitrogen and oxygen atoms in total. The van der Waals surface area contributed by atoms with Gasteiger partial charge in [-0.3, -0.25) is 4.79 Å². The maximum Gasteiger partial charge on any atom is 0.418 e. The zero-order chi connectivity index (χ0) is 14.5. The van der Waals surface area contributed by atoms with Crippen LogP contribution in [0, 0.1) is 0 Å². The summed E-state index contributed by atoms with van der Waals surface area (Å²) in [4.78, 5) is 11.3. The average Bonchev–Trinajstić information content (AvgIpc) is 2.30. The summed E-state index contributed by atoms with van der Waals surface area (Å²) in [5.41, 5.74) is 3.76. The van der Waals surface area contributed by atoms with Crippen LogP contribution in [-0.4, -0.2) is 30.8 Å². The molecule has 0 aliphatic rings. The van der Waals surface area contributed by atoms with Gasteiger partial charge in [0.1, 0.15) is 6.61 Å². The molecule has 0 atom stereocenters. The van der Waals surface area contributed by atoms with E-state index in [1.54, 1.807) is 0 Å². The number of rotatable bonds is 5. The van der Waals surface area contributed by atoms with Gasteiger partial charge in [-0.15, -0.1) is 0 Å². The van der Waals surface area contributed by atoms with Crippen LogP contribution in [0.15, 0.2) is 18.2 Å². The monoisotopic (exact) mass is 278 g/mol. The van der Waals surface area contributed by atoms with Crippen molar-refractivity contribution in [3.63, 3.8) is 0 Å². The maximum absolute atomic E-state index is 12.6. The van der Waals surface area contributed by atoms with E-state index >= 15 is 0 Å². The molecule has 0 fully saturated rings. The first-order valence-corrected chi connectivity index (χ1v) is 5.29. The molecule has 0 saturated heterocycles. The molecule has 0 aliphatic carbocycles. The molecule has 0 heterocycles. The fourth-order valence-corrected chi connectivity index (χ4v) is 1.31. The predicted octanol–water partition coefficient (Wildman–Crippen LogP) is 1.24. The number of alkyl halides is 3. The highest BCUT2D eigenvalue weighted by atomic mass is 19.4. The summed E-state index contributed by atoms with van der Waals surface area (Å²) in [5.74, 6) is -0.619. The number of hydrogen-bond acceptors (Lipinski definition) is 4. The van der Waals surface area contributed by atoms with Gasteiger partial charge in [-0.25, -0.2) is 0 Å². The third kappa shape index (κ3) is 4.76. The SMILES string of the molecule is Nc1ccc(NC(=O)COCCO)cc1C(F)(F)F. The van der Waals surface area contributed by atoms with Crippen LogP contribution in [-0.2, 0) is 15.7 Å². The molecule has 0 radical (unpaired) electrons. The van der Waals surface area contributed by atoms with Crippen molar-refractivity contribution in [2.75, 3.05) is 30.9 Å². The Morgan fingerprint density at radius 1 is 1.42 bits per heavy atom. The second-order valence-electron chi connectivity index (χ2n) is 3.62. The molecule has 1 amide bonds. The highest BCUT2D eigenvalue weighted by Gasteiger charge is 2.33. The van der Waals surface area contributed by atoms with E-state index in [4.69, 9.17) is 15.6 Å². The first-order chi connectivity index (χ1) is 8.84. The van der Waals surface area contributed by atoms with Crippen LogP contribution in [0.3, 0.4) is 0 Å². The van der Waals surface area contributed by atoms with Gasteiger partial charge in [-0.05, 0) is 18.2 Å². The number of carbonyl (C=O) groups excluding carboxylic acids is 1. The second-order valence-corrected chi connectivity index (χ2v) is 3.62. The molecule has 0 aromatic heterocycles. The predicted molar refractivity (Wildman–Crippen MR) is 62.4 cm³/mol. The van der Waals surface area contributed by atoms with Crippen molar-refractivity contribution in [3.8, 4) is 0 Å². The molecular weight excluding hydrogens is 265 g/mol. The first-order valence-electron chi connectivity index (χ1n) is 5.29. The van der Waals surface area contributed by atoms with Crippen molar-refractivity contribution in [2.45, 2.75) is 6.18 Å². The highest BCUT2D eigenvalue weighted by molar-refractivity contribution is 5.92. The van der Waals surface area contributed by atoms with E-state index in [0.29, 0.717) is 0 Å². The van der Waals surface area contributed by atoms with E-state index in [0.717, 1.165) is 12.1 Å². The Morgan fingerprint density at radius 3 is 2.68 bits per heavy atom. The van der Waals surface area contributed by atoms with Crippen LogP contribution in [0.4, 0.5) is 24.5 Å². The van der Waals surface area contributed by atoms with Crippen molar-refractivity contribution in [2.24, 2.45) is 0 Å². The third-order valence-electron chi connectivity index (χ3n) is 2.11. The number of aliphatic hydroxyl groups is 1. The minimum Gasteiger partial charge on any atom is -0.398 e. The molecule has 19 heavy (non-hydrogen) atoms. The second kappa shape index (κ2) is 6.39. The number of nitrogen functional groups attached to an aromatic ring is 1. The fraction of sp³-hybridized carbons (Fsp3) is 0.364. The van der Waals surface area contributed by atoms with E-state index < -0.39 is 23.3 Å². The Kier molecular flexibility index (Phi) is 5.13. The van der Waals surface area contributed by atoms with Gasteiger partial charge in [0, 0.05) is 11.4 Å². The van der Waals surface area contributed by atoms with Gasteiger partial charge in [0.2, 0.25) is 5.91 Å². The number of ether oxygens (including phenoxy) is 1. The lowest BCUT2D eigenvalue weighted by atomic mass is 10.1. The van der Waals surface area contributed by atoms with Gasteiger partial charge in [0.25, 0.3) is 0 Å². The number of anilines is 2. The summed E-state index contributed by atoms with van der Waals surface area (Å²) >= 11 is 0. The number of amides is 1. The number of halogens is 3. The first kappa shape index (κ1) is 15.3. The number of carbonyl (C=O) groups is 1. The summed E-state index contributed by atoms with van der Waals surface area (Å²) < 4.78 is 42.4.